The minimum atomic E-state index is -0.520. The summed E-state index contributed by atoms with van der Waals surface area (Å²) in [5.74, 6) is -1.44. The van der Waals surface area contributed by atoms with Crippen molar-refractivity contribution >= 4 is 33.5 Å². The van der Waals surface area contributed by atoms with Gasteiger partial charge >= 0.3 is 5.76 Å². The molecule has 6 nitrogen and oxygen atoms in total. The first-order chi connectivity index (χ1) is 12.1. The normalized spacial score (nSPS) is 10.9. The van der Waals surface area contributed by atoms with Crippen LogP contribution in [0.25, 0.3) is 22.4 Å². The molecule has 0 fully saturated rings. The number of aromatic nitrogens is 2. The number of amides is 1. The van der Waals surface area contributed by atoms with Crippen molar-refractivity contribution in [2.45, 2.75) is 0 Å². The lowest BCUT2D eigenvalue weighted by Gasteiger charge is -2.01. The number of fused-ring (bicyclic) bond motifs is 1. The van der Waals surface area contributed by atoms with Gasteiger partial charge in [-0.1, -0.05) is 12.1 Å². The van der Waals surface area contributed by atoms with Crippen LogP contribution in [-0.2, 0) is 0 Å². The lowest BCUT2D eigenvalue weighted by Crippen LogP contribution is -2.11. The number of benzene rings is 2. The van der Waals surface area contributed by atoms with E-state index in [-0.39, 0.29) is 5.56 Å². The van der Waals surface area contributed by atoms with Crippen LogP contribution in [0.2, 0.25) is 0 Å². The van der Waals surface area contributed by atoms with Crippen molar-refractivity contribution in [3.63, 3.8) is 0 Å². The van der Waals surface area contributed by atoms with Gasteiger partial charge in [0.15, 0.2) is 10.7 Å². The van der Waals surface area contributed by atoms with E-state index in [1.165, 1.54) is 29.5 Å². The van der Waals surface area contributed by atoms with Gasteiger partial charge < -0.3 is 4.42 Å². The third-order valence-corrected chi connectivity index (χ3v) is 4.29. The van der Waals surface area contributed by atoms with Gasteiger partial charge in [-0.25, -0.2) is 14.2 Å². The predicted octanol–water partition coefficient (Wildman–Crippen LogP) is 3.64. The number of hydrogen-bond acceptors (Lipinski definition) is 5. The van der Waals surface area contributed by atoms with E-state index < -0.39 is 17.5 Å². The van der Waals surface area contributed by atoms with Crippen LogP contribution in [-0.4, -0.2) is 15.9 Å². The zero-order valence-electron chi connectivity index (χ0n) is 12.6. The Bertz CT molecular complexity index is 1150. The van der Waals surface area contributed by atoms with Crippen molar-refractivity contribution < 1.29 is 13.6 Å². The van der Waals surface area contributed by atoms with Crippen LogP contribution in [0.3, 0.4) is 0 Å². The van der Waals surface area contributed by atoms with Crippen molar-refractivity contribution in [3.8, 4) is 11.3 Å². The lowest BCUT2D eigenvalue weighted by molar-refractivity contribution is 0.102. The van der Waals surface area contributed by atoms with E-state index in [0.717, 1.165) is 11.6 Å². The maximum absolute atomic E-state index is 13.2. The SMILES string of the molecule is O=C(Nc1nc(-c2ccc3[nH]c(=O)oc3c2)cs1)c1cccc(F)c1. The zero-order chi connectivity index (χ0) is 17.4. The third-order valence-electron chi connectivity index (χ3n) is 3.53. The summed E-state index contributed by atoms with van der Waals surface area (Å²) in [6.07, 6.45) is 0. The topological polar surface area (TPSA) is 88.0 Å². The van der Waals surface area contributed by atoms with Gasteiger partial charge in [-0.2, -0.15) is 0 Å². The van der Waals surface area contributed by atoms with Crippen LogP contribution in [0.5, 0.6) is 0 Å². The van der Waals surface area contributed by atoms with Gasteiger partial charge in [0.1, 0.15) is 5.82 Å². The van der Waals surface area contributed by atoms with E-state index in [1.807, 2.05) is 0 Å². The van der Waals surface area contributed by atoms with E-state index in [0.29, 0.717) is 21.9 Å². The number of aromatic amines is 1. The summed E-state index contributed by atoms with van der Waals surface area (Å²) in [5, 5.41) is 4.80. The van der Waals surface area contributed by atoms with Crippen LogP contribution in [0.15, 0.2) is 57.1 Å². The highest BCUT2D eigenvalue weighted by atomic mass is 32.1. The maximum Gasteiger partial charge on any atom is 0.417 e. The lowest BCUT2D eigenvalue weighted by atomic mass is 10.1. The highest BCUT2D eigenvalue weighted by molar-refractivity contribution is 7.14. The number of H-pyrrole nitrogens is 1. The smallest absolute Gasteiger partial charge is 0.408 e. The van der Waals surface area contributed by atoms with Crippen LogP contribution in [0, 0.1) is 5.82 Å². The summed E-state index contributed by atoms with van der Waals surface area (Å²) in [6.45, 7) is 0. The molecule has 124 valence electrons. The van der Waals surface area contributed by atoms with Crippen LogP contribution in [0.1, 0.15) is 10.4 Å². The van der Waals surface area contributed by atoms with Gasteiger partial charge in [-0.3, -0.25) is 15.1 Å². The number of nitrogens with zero attached hydrogens (tertiary/aromatic N) is 1. The molecule has 2 aromatic carbocycles. The number of carbonyl (C=O) groups is 1. The molecule has 2 heterocycles. The highest BCUT2D eigenvalue weighted by Gasteiger charge is 2.11. The maximum atomic E-state index is 13.2. The molecule has 25 heavy (non-hydrogen) atoms. The van der Waals surface area contributed by atoms with Crippen molar-refractivity contribution in [2.24, 2.45) is 0 Å². The Balaban J connectivity index is 1.58. The number of carbonyl (C=O) groups excluding carboxylic acids is 1. The van der Waals surface area contributed by atoms with Crippen molar-refractivity contribution in [1.82, 2.24) is 9.97 Å². The molecular weight excluding hydrogens is 345 g/mol. The molecular formula is C17H10FN3O3S. The number of halogens is 1. The number of hydrogen-bond donors (Lipinski definition) is 2. The molecule has 1 amide bonds. The molecule has 0 unspecified atom stereocenters. The van der Waals surface area contributed by atoms with Crippen LogP contribution < -0.4 is 11.1 Å². The second-order valence-electron chi connectivity index (χ2n) is 5.23. The molecule has 4 rings (SSSR count). The molecule has 0 spiro atoms. The third kappa shape index (κ3) is 3.07. The summed E-state index contributed by atoms with van der Waals surface area (Å²) in [5.41, 5.74) is 2.62. The minimum Gasteiger partial charge on any atom is -0.408 e. The number of rotatable bonds is 3. The van der Waals surface area contributed by atoms with Crippen LogP contribution in [0.4, 0.5) is 9.52 Å². The quantitative estimate of drug-likeness (QED) is 0.587. The molecule has 0 atom stereocenters. The first-order valence-electron chi connectivity index (χ1n) is 7.24. The zero-order valence-corrected chi connectivity index (χ0v) is 13.4. The summed E-state index contributed by atoms with van der Waals surface area (Å²) >= 11 is 1.25. The molecule has 0 aliphatic rings. The highest BCUT2D eigenvalue weighted by Crippen LogP contribution is 2.27. The second-order valence-corrected chi connectivity index (χ2v) is 6.09. The van der Waals surface area contributed by atoms with Gasteiger partial charge in [0.2, 0.25) is 0 Å². The summed E-state index contributed by atoms with van der Waals surface area (Å²) < 4.78 is 18.2. The Morgan fingerprint density at radius 2 is 2.12 bits per heavy atom. The molecule has 0 radical (unpaired) electrons. The molecule has 2 aromatic heterocycles. The molecule has 0 aliphatic carbocycles. The van der Waals surface area contributed by atoms with Gasteiger partial charge in [0.05, 0.1) is 11.2 Å². The fourth-order valence-electron chi connectivity index (χ4n) is 2.37. The Morgan fingerprint density at radius 1 is 1.24 bits per heavy atom. The van der Waals surface area contributed by atoms with Crippen molar-refractivity contribution in [3.05, 3.63) is 69.8 Å². The van der Waals surface area contributed by atoms with E-state index >= 15 is 0 Å². The molecule has 0 aliphatic heterocycles. The Morgan fingerprint density at radius 3 is 2.96 bits per heavy atom. The summed E-state index contributed by atoms with van der Waals surface area (Å²) in [4.78, 5) is 30.2. The van der Waals surface area contributed by atoms with E-state index in [2.05, 4.69) is 15.3 Å². The van der Waals surface area contributed by atoms with E-state index in [9.17, 15) is 14.0 Å². The Labute approximate surface area is 144 Å². The molecule has 0 saturated heterocycles. The number of anilines is 1. The van der Waals surface area contributed by atoms with E-state index in [1.54, 1.807) is 23.6 Å². The molecule has 4 aromatic rings. The largest absolute Gasteiger partial charge is 0.417 e. The first-order valence-corrected chi connectivity index (χ1v) is 8.12. The molecule has 0 bridgehead atoms. The average molecular weight is 355 g/mol. The predicted molar refractivity (Wildman–Crippen MR) is 92.3 cm³/mol. The molecule has 0 saturated carbocycles. The second kappa shape index (κ2) is 5.99. The number of nitrogens with one attached hydrogen (secondary N) is 2. The standard InChI is InChI=1S/C17H10FN3O3S/c18-11-3-1-2-10(6-11)15(22)21-16-19-13(8-25-16)9-4-5-12-14(7-9)24-17(23)20-12/h1-8H,(H,20,23)(H,19,21,22). The minimum absolute atomic E-state index is 0.215. The summed E-state index contributed by atoms with van der Waals surface area (Å²) in [6, 6.07) is 10.6. The number of oxazole rings is 1. The average Bonchev–Trinajstić information content (AvgIpc) is 3.19. The summed E-state index contributed by atoms with van der Waals surface area (Å²) in [7, 11) is 0. The van der Waals surface area contributed by atoms with E-state index in [4.69, 9.17) is 4.42 Å². The fraction of sp³-hybridized carbons (Fsp3) is 0. The van der Waals surface area contributed by atoms with Gasteiger partial charge in [-0.05, 0) is 30.3 Å². The number of thiazole rings is 1. The monoisotopic (exact) mass is 355 g/mol. The van der Waals surface area contributed by atoms with Crippen molar-refractivity contribution in [2.75, 3.05) is 5.32 Å². The Hall–Kier alpha value is -3.26. The first kappa shape index (κ1) is 15.3. The van der Waals surface area contributed by atoms with Gasteiger partial charge in [0, 0.05) is 16.5 Å². The van der Waals surface area contributed by atoms with Gasteiger partial charge in [0.25, 0.3) is 5.91 Å². The Kier molecular flexibility index (Phi) is 3.66. The molecule has 2 N–H and O–H groups in total. The van der Waals surface area contributed by atoms with Gasteiger partial charge in [-0.15, -0.1) is 11.3 Å². The van der Waals surface area contributed by atoms with Crippen LogP contribution >= 0.6 is 11.3 Å². The van der Waals surface area contributed by atoms with Crippen molar-refractivity contribution in [1.29, 1.82) is 0 Å². The molecule has 8 heteroatoms. The fourth-order valence-corrected chi connectivity index (χ4v) is 3.08.